The summed E-state index contributed by atoms with van der Waals surface area (Å²) < 4.78 is 5.15. The lowest BCUT2D eigenvalue weighted by Gasteiger charge is -2.35. The molecule has 1 aliphatic rings. The number of benzene rings is 1. The van der Waals surface area contributed by atoms with Crippen LogP contribution < -0.4 is 4.74 Å². The molecule has 1 fully saturated rings. The Balaban J connectivity index is 2.06. The topological polar surface area (TPSA) is 46.5 Å². The van der Waals surface area contributed by atoms with Crippen molar-refractivity contribution in [2.24, 2.45) is 23.7 Å². The van der Waals surface area contributed by atoms with Crippen LogP contribution in [-0.2, 0) is 11.2 Å². The van der Waals surface area contributed by atoms with E-state index in [1.807, 2.05) is 24.3 Å². The Labute approximate surface area is 127 Å². The Morgan fingerprint density at radius 3 is 2.43 bits per heavy atom. The van der Waals surface area contributed by atoms with Gasteiger partial charge in [-0.15, -0.1) is 0 Å². The standard InChI is InChI=1S/C18H26O3/c1-12-4-7-15(10-13(12)2)17(18(19)20)11-14-5-8-16(21-3)9-6-14/h5-6,8-9,12-13,15,17H,4,7,10-11H2,1-3H3,(H,19,20). The summed E-state index contributed by atoms with van der Waals surface area (Å²) in [7, 11) is 1.64. The van der Waals surface area contributed by atoms with Crippen LogP contribution in [0, 0.1) is 23.7 Å². The highest BCUT2D eigenvalue weighted by Gasteiger charge is 2.33. The Morgan fingerprint density at radius 1 is 1.24 bits per heavy atom. The van der Waals surface area contributed by atoms with Gasteiger partial charge in [-0.05, 0) is 54.7 Å². The van der Waals surface area contributed by atoms with Gasteiger partial charge in [-0.25, -0.2) is 0 Å². The van der Waals surface area contributed by atoms with Crippen molar-refractivity contribution in [3.8, 4) is 5.75 Å². The fourth-order valence-corrected chi connectivity index (χ4v) is 3.43. The van der Waals surface area contributed by atoms with Gasteiger partial charge in [-0.1, -0.05) is 32.4 Å². The third kappa shape index (κ3) is 3.99. The quantitative estimate of drug-likeness (QED) is 0.891. The minimum atomic E-state index is -0.655. The van der Waals surface area contributed by atoms with Gasteiger partial charge in [-0.3, -0.25) is 4.79 Å². The molecule has 0 radical (unpaired) electrons. The van der Waals surface area contributed by atoms with E-state index in [0.717, 1.165) is 36.5 Å². The first-order valence-corrected chi connectivity index (χ1v) is 7.87. The molecule has 116 valence electrons. The second-order valence-electron chi connectivity index (χ2n) is 6.52. The maximum atomic E-state index is 11.7. The second-order valence-corrected chi connectivity index (χ2v) is 6.52. The summed E-state index contributed by atoms with van der Waals surface area (Å²) in [5, 5.41) is 9.62. The number of carboxylic acids is 1. The third-order valence-electron chi connectivity index (χ3n) is 5.14. The van der Waals surface area contributed by atoms with Crippen molar-refractivity contribution < 1.29 is 14.6 Å². The van der Waals surface area contributed by atoms with E-state index in [2.05, 4.69) is 13.8 Å². The Hall–Kier alpha value is -1.51. The summed E-state index contributed by atoms with van der Waals surface area (Å²) in [4.78, 5) is 11.7. The van der Waals surface area contributed by atoms with Crippen molar-refractivity contribution in [3.05, 3.63) is 29.8 Å². The molecular formula is C18H26O3. The fraction of sp³-hybridized carbons (Fsp3) is 0.611. The minimum Gasteiger partial charge on any atom is -0.497 e. The fourth-order valence-electron chi connectivity index (χ4n) is 3.43. The van der Waals surface area contributed by atoms with Crippen molar-refractivity contribution in [1.82, 2.24) is 0 Å². The molecule has 1 aromatic carbocycles. The van der Waals surface area contributed by atoms with Gasteiger partial charge >= 0.3 is 5.97 Å². The van der Waals surface area contributed by atoms with Gasteiger partial charge in [0.15, 0.2) is 0 Å². The van der Waals surface area contributed by atoms with Crippen LogP contribution in [0.25, 0.3) is 0 Å². The van der Waals surface area contributed by atoms with Gasteiger partial charge in [0.2, 0.25) is 0 Å². The van der Waals surface area contributed by atoms with E-state index >= 15 is 0 Å². The lowest BCUT2D eigenvalue weighted by atomic mass is 9.70. The molecular weight excluding hydrogens is 264 g/mol. The van der Waals surface area contributed by atoms with Gasteiger partial charge in [0.25, 0.3) is 0 Å². The van der Waals surface area contributed by atoms with Crippen molar-refractivity contribution in [1.29, 1.82) is 0 Å². The number of carbonyl (C=O) groups is 1. The largest absolute Gasteiger partial charge is 0.497 e. The summed E-state index contributed by atoms with van der Waals surface area (Å²) >= 11 is 0. The Morgan fingerprint density at radius 2 is 1.90 bits per heavy atom. The molecule has 0 heterocycles. The van der Waals surface area contributed by atoms with E-state index < -0.39 is 5.97 Å². The number of hydrogen-bond acceptors (Lipinski definition) is 2. The van der Waals surface area contributed by atoms with Crippen LogP contribution in [0.5, 0.6) is 5.75 Å². The summed E-state index contributed by atoms with van der Waals surface area (Å²) in [6.45, 7) is 4.53. The van der Waals surface area contributed by atoms with Crippen molar-refractivity contribution in [2.45, 2.75) is 39.5 Å². The molecule has 4 unspecified atom stereocenters. The molecule has 4 atom stereocenters. The zero-order valence-electron chi connectivity index (χ0n) is 13.2. The monoisotopic (exact) mass is 290 g/mol. The first-order valence-electron chi connectivity index (χ1n) is 7.87. The third-order valence-corrected chi connectivity index (χ3v) is 5.14. The summed E-state index contributed by atoms with van der Waals surface area (Å²) in [5.41, 5.74) is 1.08. The van der Waals surface area contributed by atoms with Crippen LogP contribution >= 0.6 is 0 Å². The Kier molecular flexibility index (Phi) is 5.27. The second kappa shape index (κ2) is 6.97. The van der Waals surface area contributed by atoms with Crippen LogP contribution in [0.2, 0.25) is 0 Å². The number of rotatable bonds is 5. The SMILES string of the molecule is COc1ccc(CC(C(=O)O)C2CCC(C)C(C)C2)cc1. The molecule has 1 N–H and O–H groups in total. The molecule has 0 saturated heterocycles. The van der Waals surface area contributed by atoms with Gasteiger partial charge in [0.1, 0.15) is 5.75 Å². The number of aliphatic carboxylic acids is 1. The molecule has 0 amide bonds. The zero-order valence-corrected chi connectivity index (χ0v) is 13.2. The van der Waals surface area contributed by atoms with Gasteiger partial charge in [0, 0.05) is 0 Å². The van der Waals surface area contributed by atoms with Gasteiger partial charge < -0.3 is 9.84 Å². The lowest BCUT2D eigenvalue weighted by molar-refractivity contribution is -0.144. The number of carboxylic acid groups (broad SMARTS) is 1. The minimum absolute atomic E-state index is 0.270. The van der Waals surface area contributed by atoms with E-state index in [9.17, 15) is 9.90 Å². The molecule has 1 saturated carbocycles. The first kappa shape index (κ1) is 15.9. The first-order chi connectivity index (χ1) is 10.0. The van der Waals surface area contributed by atoms with Crippen LogP contribution in [0.15, 0.2) is 24.3 Å². The van der Waals surface area contributed by atoms with Crippen LogP contribution in [-0.4, -0.2) is 18.2 Å². The molecule has 3 nitrogen and oxygen atoms in total. The number of hydrogen-bond donors (Lipinski definition) is 1. The van der Waals surface area contributed by atoms with Crippen molar-refractivity contribution >= 4 is 5.97 Å². The highest BCUT2D eigenvalue weighted by molar-refractivity contribution is 5.70. The molecule has 0 aliphatic heterocycles. The smallest absolute Gasteiger partial charge is 0.307 e. The predicted molar refractivity (Wildman–Crippen MR) is 83.5 cm³/mol. The molecule has 21 heavy (non-hydrogen) atoms. The molecule has 1 aliphatic carbocycles. The number of ether oxygens (including phenoxy) is 1. The van der Waals surface area contributed by atoms with E-state index in [1.165, 1.54) is 0 Å². The lowest BCUT2D eigenvalue weighted by Crippen LogP contribution is -2.32. The normalized spacial score (nSPS) is 27.1. The summed E-state index contributed by atoms with van der Waals surface area (Å²) in [6.07, 6.45) is 3.84. The molecule has 3 heteroatoms. The van der Waals surface area contributed by atoms with Crippen LogP contribution in [0.4, 0.5) is 0 Å². The molecule has 2 rings (SSSR count). The maximum absolute atomic E-state index is 11.7. The maximum Gasteiger partial charge on any atom is 0.307 e. The molecule has 1 aromatic rings. The molecule has 0 spiro atoms. The van der Waals surface area contributed by atoms with E-state index in [4.69, 9.17) is 4.74 Å². The van der Waals surface area contributed by atoms with Crippen molar-refractivity contribution in [2.75, 3.05) is 7.11 Å². The van der Waals surface area contributed by atoms with Crippen molar-refractivity contribution in [3.63, 3.8) is 0 Å². The van der Waals surface area contributed by atoms with Crippen LogP contribution in [0.3, 0.4) is 0 Å². The molecule has 0 aromatic heterocycles. The zero-order chi connectivity index (χ0) is 15.4. The van der Waals surface area contributed by atoms with Gasteiger partial charge in [-0.2, -0.15) is 0 Å². The molecule has 0 bridgehead atoms. The van der Waals surface area contributed by atoms with Gasteiger partial charge in [0.05, 0.1) is 13.0 Å². The average molecular weight is 290 g/mol. The predicted octanol–water partition coefficient (Wildman–Crippen LogP) is 4.01. The average Bonchev–Trinajstić information content (AvgIpc) is 2.48. The van der Waals surface area contributed by atoms with Crippen LogP contribution in [0.1, 0.15) is 38.7 Å². The van der Waals surface area contributed by atoms with E-state index in [0.29, 0.717) is 18.3 Å². The number of methoxy groups -OCH3 is 1. The highest BCUT2D eigenvalue weighted by atomic mass is 16.5. The highest BCUT2D eigenvalue weighted by Crippen LogP contribution is 2.38. The Bertz CT molecular complexity index is 466. The summed E-state index contributed by atoms with van der Waals surface area (Å²) in [6, 6.07) is 7.76. The van der Waals surface area contributed by atoms with E-state index in [1.54, 1.807) is 7.11 Å². The summed E-state index contributed by atoms with van der Waals surface area (Å²) in [5.74, 6) is 1.53. The van der Waals surface area contributed by atoms with E-state index in [-0.39, 0.29) is 5.92 Å².